The summed E-state index contributed by atoms with van der Waals surface area (Å²) in [5.74, 6) is 0. The zero-order valence-corrected chi connectivity index (χ0v) is 16.5. The number of nitrogens with one attached hydrogen (secondary N) is 1. The molecule has 0 spiro atoms. The lowest BCUT2D eigenvalue weighted by Gasteiger charge is -2.27. The SMILES string of the molecule is CCc1ccc(N2C(=S)N[C@H](c3ccccn3)[C@H]2c2ccc(C)s2)cc1. The molecule has 1 aliphatic rings. The van der Waals surface area contributed by atoms with Crippen LogP contribution in [0, 0.1) is 6.92 Å². The van der Waals surface area contributed by atoms with Crippen LogP contribution in [0.15, 0.2) is 60.8 Å². The van der Waals surface area contributed by atoms with E-state index in [-0.39, 0.29) is 12.1 Å². The maximum absolute atomic E-state index is 5.74. The average Bonchev–Trinajstić information content (AvgIpc) is 3.25. The third kappa shape index (κ3) is 3.13. The van der Waals surface area contributed by atoms with Crippen LogP contribution >= 0.6 is 23.6 Å². The van der Waals surface area contributed by atoms with Gasteiger partial charge >= 0.3 is 0 Å². The van der Waals surface area contributed by atoms with E-state index >= 15 is 0 Å². The summed E-state index contributed by atoms with van der Waals surface area (Å²) in [6, 6.07) is 19.3. The fourth-order valence-electron chi connectivity index (χ4n) is 3.43. The van der Waals surface area contributed by atoms with Crippen LogP contribution in [0.2, 0.25) is 0 Å². The van der Waals surface area contributed by atoms with Crippen LogP contribution in [0.25, 0.3) is 0 Å². The average molecular weight is 380 g/mol. The first kappa shape index (κ1) is 17.2. The van der Waals surface area contributed by atoms with Gasteiger partial charge in [-0.2, -0.15) is 0 Å². The van der Waals surface area contributed by atoms with Gasteiger partial charge in [-0.1, -0.05) is 25.1 Å². The number of pyridine rings is 1. The van der Waals surface area contributed by atoms with E-state index in [9.17, 15) is 0 Å². The molecule has 1 saturated heterocycles. The minimum absolute atomic E-state index is 0.0348. The summed E-state index contributed by atoms with van der Waals surface area (Å²) < 4.78 is 0. The number of anilines is 1. The lowest BCUT2D eigenvalue weighted by Crippen LogP contribution is -2.29. The fraction of sp³-hybridized carbons (Fsp3) is 0.238. The second-order valence-corrected chi connectivity index (χ2v) is 8.17. The Labute approximate surface area is 163 Å². The van der Waals surface area contributed by atoms with Crippen LogP contribution in [0.3, 0.4) is 0 Å². The van der Waals surface area contributed by atoms with Gasteiger partial charge in [0.2, 0.25) is 0 Å². The highest BCUT2D eigenvalue weighted by molar-refractivity contribution is 7.80. The maximum Gasteiger partial charge on any atom is 0.174 e. The molecule has 3 heterocycles. The van der Waals surface area contributed by atoms with Crippen LogP contribution < -0.4 is 10.2 Å². The van der Waals surface area contributed by atoms with Crippen molar-refractivity contribution in [2.45, 2.75) is 32.4 Å². The molecule has 2 aromatic heterocycles. The molecule has 5 heteroatoms. The number of aryl methyl sites for hydroxylation is 2. The first-order valence-corrected chi connectivity index (χ1v) is 10.1. The summed E-state index contributed by atoms with van der Waals surface area (Å²) in [6.45, 7) is 4.32. The molecule has 1 aliphatic heterocycles. The summed E-state index contributed by atoms with van der Waals surface area (Å²) in [7, 11) is 0. The van der Waals surface area contributed by atoms with E-state index in [0.29, 0.717) is 0 Å². The molecule has 4 rings (SSSR count). The third-order valence-electron chi connectivity index (χ3n) is 4.77. The summed E-state index contributed by atoms with van der Waals surface area (Å²) in [4.78, 5) is 9.43. The van der Waals surface area contributed by atoms with E-state index in [1.54, 1.807) is 0 Å². The maximum atomic E-state index is 5.74. The van der Waals surface area contributed by atoms with Crippen molar-refractivity contribution in [3.8, 4) is 0 Å². The van der Waals surface area contributed by atoms with E-state index in [0.717, 1.165) is 22.9 Å². The summed E-state index contributed by atoms with van der Waals surface area (Å²) in [5.41, 5.74) is 3.46. The molecule has 132 valence electrons. The van der Waals surface area contributed by atoms with Crippen molar-refractivity contribution >= 4 is 34.4 Å². The Morgan fingerprint density at radius 2 is 1.92 bits per heavy atom. The van der Waals surface area contributed by atoms with Gasteiger partial charge in [-0.3, -0.25) is 4.98 Å². The van der Waals surface area contributed by atoms with E-state index in [1.807, 2.05) is 29.7 Å². The number of benzene rings is 1. The largest absolute Gasteiger partial charge is 0.351 e. The fourth-order valence-corrected chi connectivity index (χ4v) is 4.78. The van der Waals surface area contributed by atoms with E-state index in [4.69, 9.17) is 12.2 Å². The van der Waals surface area contributed by atoms with Crippen molar-refractivity contribution in [2.75, 3.05) is 4.90 Å². The second kappa shape index (κ2) is 7.17. The van der Waals surface area contributed by atoms with Gasteiger partial charge in [0.15, 0.2) is 5.11 Å². The summed E-state index contributed by atoms with van der Waals surface area (Å²) in [6.07, 6.45) is 2.88. The molecule has 0 saturated carbocycles. The molecule has 0 unspecified atom stereocenters. The van der Waals surface area contributed by atoms with Crippen molar-refractivity contribution in [3.63, 3.8) is 0 Å². The normalized spacial score (nSPS) is 19.6. The number of hydrogen-bond acceptors (Lipinski definition) is 3. The van der Waals surface area contributed by atoms with Gasteiger partial charge in [0.05, 0.1) is 17.8 Å². The number of aromatic nitrogens is 1. The Balaban J connectivity index is 1.79. The minimum Gasteiger partial charge on any atom is -0.351 e. The molecular weight excluding hydrogens is 358 g/mol. The van der Waals surface area contributed by atoms with Gasteiger partial charge in [-0.15, -0.1) is 11.3 Å². The number of nitrogens with zero attached hydrogens (tertiary/aromatic N) is 2. The first-order valence-electron chi connectivity index (χ1n) is 8.83. The van der Waals surface area contributed by atoms with Crippen molar-refractivity contribution in [3.05, 3.63) is 81.8 Å². The van der Waals surface area contributed by atoms with Crippen LogP contribution in [-0.4, -0.2) is 10.1 Å². The molecule has 2 atom stereocenters. The zero-order chi connectivity index (χ0) is 18.1. The number of thiophene rings is 1. The Kier molecular flexibility index (Phi) is 4.74. The molecule has 1 fully saturated rings. The molecule has 0 radical (unpaired) electrons. The monoisotopic (exact) mass is 379 g/mol. The highest BCUT2D eigenvalue weighted by Crippen LogP contribution is 2.43. The molecule has 3 nitrogen and oxygen atoms in total. The van der Waals surface area contributed by atoms with Gasteiger partial charge in [0.25, 0.3) is 0 Å². The van der Waals surface area contributed by atoms with Gasteiger partial charge in [-0.25, -0.2) is 0 Å². The third-order valence-corrected chi connectivity index (χ3v) is 6.16. The number of rotatable bonds is 4. The molecule has 3 aromatic rings. The quantitative estimate of drug-likeness (QED) is 0.631. The van der Waals surface area contributed by atoms with Crippen molar-refractivity contribution < 1.29 is 0 Å². The van der Waals surface area contributed by atoms with Crippen LogP contribution in [0.1, 0.15) is 40.0 Å². The second-order valence-electron chi connectivity index (χ2n) is 6.47. The van der Waals surface area contributed by atoms with Gasteiger partial charge in [0, 0.05) is 21.6 Å². The first-order chi connectivity index (χ1) is 12.7. The van der Waals surface area contributed by atoms with Crippen molar-refractivity contribution in [1.82, 2.24) is 10.3 Å². The standard InChI is InChI=1S/C21H21N3S2/c1-3-15-8-10-16(11-9-15)24-20(18-12-7-14(2)26-18)19(23-21(24)25)17-6-4-5-13-22-17/h4-13,19-20H,3H2,1-2H3,(H,23,25)/t19-,20-/m1/s1. The molecular formula is C21H21N3S2. The van der Waals surface area contributed by atoms with Crippen LogP contribution in [0.4, 0.5) is 5.69 Å². The van der Waals surface area contributed by atoms with Gasteiger partial charge < -0.3 is 10.2 Å². The molecule has 0 aliphatic carbocycles. The Bertz CT molecular complexity index is 903. The Morgan fingerprint density at radius 1 is 1.12 bits per heavy atom. The topological polar surface area (TPSA) is 28.2 Å². The van der Waals surface area contributed by atoms with E-state index in [2.05, 4.69) is 71.5 Å². The predicted octanol–water partition coefficient (Wildman–Crippen LogP) is 5.19. The highest BCUT2D eigenvalue weighted by atomic mass is 32.1. The van der Waals surface area contributed by atoms with Crippen molar-refractivity contribution in [2.24, 2.45) is 0 Å². The predicted molar refractivity (Wildman–Crippen MR) is 113 cm³/mol. The van der Waals surface area contributed by atoms with E-state index < -0.39 is 0 Å². The molecule has 0 bridgehead atoms. The Hall–Kier alpha value is -2.24. The zero-order valence-electron chi connectivity index (χ0n) is 14.8. The molecule has 1 N–H and O–H groups in total. The molecule has 26 heavy (non-hydrogen) atoms. The lowest BCUT2D eigenvalue weighted by molar-refractivity contribution is 0.575. The van der Waals surface area contributed by atoms with Crippen LogP contribution in [-0.2, 0) is 6.42 Å². The number of thiocarbonyl (C=S) groups is 1. The van der Waals surface area contributed by atoms with Crippen LogP contribution in [0.5, 0.6) is 0 Å². The summed E-state index contributed by atoms with van der Waals surface area (Å²) in [5, 5.41) is 4.26. The minimum atomic E-state index is 0.0348. The molecule has 0 amide bonds. The van der Waals surface area contributed by atoms with Gasteiger partial charge in [0.1, 0.15) is 0 Å². The highest BCUT2D eigenvalue weighted by Gasteiger charge is 2.41. The lowest BCUT2D eigenvalue weighted by atomic mass is 10.0. The Morgan fingerprint density at radius 3 is 2.54 bits per heavy atom. The summed E-state index contributed by atoms with van der Waals surface area (Å²) >= 11 is 7.56. The smallest absolute Gasteiger partial charge is 0.174 e. The van der Waals surface area contributed by atoms with E-state index in [1.165, 1.54) is 15.3 Å². The van der Waals surface area contributed by atoms with Gasteiger partial charge in [-0.05, 0) is 67.5 Å². The molecule has 1 aromatic carbocycles. The number of hydrogen-bond donors (Lipinski definition) is 1. The van der Waals surface area contributed by atoms with Crippen molar-refractivity contribution in [1.29, 1.82) is 0 Å².